The molecule has 1 aliphatic rings. The highest BCUT2D eigenvalue weighted by molar-refractivity contribution is 5.76. The number of likely N-dealkylation sites (tertiary alicyclic amines) is 1. The molecule has 1 fully saturated rings. The molecular weight excluding hydrogens is 266 g/mol. The minimum atomic E-state index is 0.140. The van der Waals surface area contributed by atoms with Crippen molar-refractivity contribution >= 4 is 5.91 Å². The first-order valence-corrected chi connectivity index (χ1v) is 7.81. The first-order chi connectivity index (χ1) is 10.2. The number of aliphatic hydroxyl groups is 1. The lowest BCUT2D eigenvalue weighted by Crippen LogP contribution is -2.44. The lowest BCUT2D eigenvalue weighted by molar-refractivity contribution is -0.135. The maximum Gasteiger partial charge on any atom is 0.226 e. The van der Waals surface area contributed by atoms with Crippen molar-refractivity contribution in [2.75, 3.05) is 19.8 Å². The summed E-state index contributed by atoms with van der Waals surface area (Å²) >= 11 is 0. The number of amides is 1. The fraction of sp³-hybridized carbons (Fsp3) is 0.588. The van der Waals surface area contributed by atoms with Crippen molar-refractivity contribution in [3.63, 3.8) is 0 Å². The predicted molar refractivity (Wildman–Crippen MR) is 82.3 cm³/mol. The van der Waals surface area contributed by atoms with Crippen LogP contribution >= 0.6 is 0 Å². The largest absolute Gasteiger partial charge is 0.493 e. The third kappa shape index (κ3) is 4.46. The van der Waals surface area contributed by atoms with E-state index in [1.807, 2.05) is 36.1 Å². The predicted octanol–water partition coefficient (Wildman–Crippen LogP) is 2.53. The number of hydrogen-bond acceptors (Lipinski definition) is 3. The Labute approximate surface area is 126 Å². The molecule has 21 heavy (non-hydrogen) atoms. The Bertz CT molecular complexity index is 459. The number of nitrogens with zero attached hydrogens (tertiary/aromatic N) is 1. The Morgan fingerprint density at radius 3 is 2.95 bits per heavy atom. The molecule has 0 saturated carbocycles. The van der Waals surface area contributed by atoms with Gasteiger partial charge in [0.1, 0.15) is 5.75 Å². The molecule has 1 atom stereocenters. The van der Waals surface area contributed by atoms with Crippen molar-refractivity contribution in [3.8, 4) is 5.75 Å². The monoisotopic (exact) mass is 291 g/mol. The van der Waals surface area contributed by atoms with Crippen molar-refractivity contribution in [3.05, 3.63) is 29.8 Å². The first kappa shape index (κ1) is 15.8. The summed E-state index contributed by atoms with van der Waals surface area (Å²) in [6.07, 6.45) is 4.30. The summed E-state index contributed by atoms with van der Waals surface area (Å²) in [7, 11) is 0. The average Bonchev–Trinajstić information content (AvgIpc) is 2.50. The number of ether oxygens (including phenoxy) is 1. The summed E-state index contributed by atoms with van der Waals surface area (Å²) < 4.78 is 5.70. The highest BCUT2D eigenvalue weighted by Gasteiger charge is 2.25. The van der Waals surface area contributed by atoms with E-state index in [0.29, 0.717) is 19.4 Å². The zero-order chi connectivity index (χ0) is 15.1. The summed E-state index contributed by atoms with van der Waals surface area (Å²) in [5.74, 6) is 0.984. The van der Waals surface area contributed by atoms with Gasteiger partial charge < -0.3 is 14.7 Å². The molecule has 1 aromatic rings. The smallest absolute Gasteiger partial charge is 0.226 e. The van der Waals surface area contributed by atoms with Gasteiger partial charge in [0.2, 0.25) is 5.91 Å². The van der Waals surface area contributed by atoms with Crippen LogP contribution in [0.15, 0.2) is 24.3 Å². The van der Waals surface area contributed by atoms with Crippen LogP contribution in [0.2, 0.25) is 0 Å². The van der Waals surface area contributed by atoms with Crippen LogP contribution in [0.3, 0.4) is 0 Å². The van der Waals surface area contributed by atoms with Gasteiger partial charge in [0.05, 0.1) is 13.0 Å². The summed E-state index contributed by atoms with van der Waals surface area (Å²) in [6.45, 7) is 3.37. The number of carbonyl (C=O) groups excluding carboxylic acids is 1. The standard InChI is InChI=1S/C17H25NO3/c1-14-6-2-3-8-16(14)21-13-10-17(20)18-11-5-4-7-15(18)9-12-19/h2-3,6,8,15,19H,4-5,7,9-13H2,1H3. The molecular formula is C17H25NO3. The summed E-state index contributed by atoms with van der Waals surface area (Å²) in [5, 5.41) is 9.11. The van der Waals surface area contributed by atoms with Crippen molar-refractivity contribution in [1.29, 1.82) is 0 Å². The van der Waals surface area contributed by atoms with Crippen LogP contribution in [0.25, 0.3) is 0 Å². The van der Waals surface area contributed by atoms with Crippen LogP contribution in [-0.4, -0.2) is 41.7 Å². The van der Waals surface area contributed by atoms with E-state index in [9.17, 15) is 4.79 Å². The zero-order valence-electron chi connectivity index (χ0n) is 12.8. The van der Waals surface area contributed by atoms with Gasteiger partial charge in [-0.05, 0) is 44.2 Å². The van der Waals surface area contributed by atoms with Gasteiger partial charge in [0.15, 0.2) is 0 Å². The van der Waals surface area contributed by atoms with Crippen molar-refractivity contribution in [1.82, 2.24) is 4.90 Å². The SMILES string of the molecule is Cc1ccccc1OCCC(=O)N1CCCCC1CCO. The van der Waals surface area contributed by atoms with Gasteiger partial charge in [0, 0.05) is 19.2 Å². The summed E-state index contributed by atoms with van der Waals surface area (Å²) in [5.41, 5.74) is 1.08. The molecule has 0 aromatic heterocycles. The maximum absolute atomic E-state index is 12.3. The Morgan fingerprint density at radius 2 is 2.19 bits per heavy atom. The van der Waals surface area contributed by atoms with E-state index in [4.69, 9.17) is 9.84 Å². The first-order valence-electron chi connectivity index (χ1n) is 7.81. The summed E-state index contributed by atoms with van der Waals surface area (Å²) in [6, 6.07) is 8.04. The Morgan fingerprint density at radius 1 is 1.38 bits per heavy atom. The number of piperidine rings is 1. The van der Waals surface area contributed by atoms with Crippen molar-refractivity contribution in [2.45, 2.75) is 45.1 Å². The van der Waals surface area contributed by atoms with Gasteiger partial charge in [-0.25, -0.2) is 0 Å². The number of carbonyl (C=O) groups is 1. The molecule has 1 heterocycles. The molecule has 1 N–H and O–H groups in total. The molecule has 0 radical (unpaired) electrons. The van der Waals surface area contributed by atoms with E-state index in [1.165, 1.54) is 0 Å². The van der Waals surface area contributed by atoms with Crippen LogP contribution < -0.4 is 4.74 Å². The number of benzene rings is 1. The zero-order valence-corrected chi connectivity index (χ0v) is 12.8. The molecule has 1 amide bonds. The second-order valence-electron chi connectivity index (χ2n) is 5.61. The second kappa shape index (κ2) is 8.03. The molecule has 116 valence electrons. The highest BCUT2D eigenvalue weighted by Crippen LogP contribution is 2.21. The quantitative estimate of drug-likeness (QED) is 0.876. The van der Waals surface area contributed by atoms with E-state index in [-0.39, 0.29) is 18.6 Å². The minimum Gasteiger partial charge on any atom is -0.493 e. The maximum atomic E-state index is 12.3. The molecule has 1 aliphatic heterocycles. The fourth-order valence-corrected chi connectivity index (χ4v) is 2.89. The van der Waals surface area contributed by atoms with Gasteiger partial charge >= 0.3 is 0 Å². The van der Waals surface area contributed by atoms with Crippen LogP contribution in [0.1, 0.15) is 37.7 Å². The number of para-hydroxylation sites is 1. The van der Waals surface area contributed by atoms with Crippen LogP contribution in [0.4, 0.5) is 0 Å². The highest BCUT2D eigenvalue weighted by atomic mass is 16.5. The normalized spacial score (nSPS) is 18.6. The molecule has 4 heteroatoms. The Balaban J connectivity index is 1.82. The van der Waals surface area contributed by atoms with Gasteiger partial charge in [-0.1, -0.05) is 18.2 Å². The van der Waals surface area contributed by atoms with Crippen LogP contribution in [0.5, 0.6) is 5.75 Å². The van der Waals surface area contributed by atoms with Crippen LogP contribution in [-0.2, 0) is 4.79 Å². The topological polar surface area (TPSA) is 49.8 Å². The third-order valence-corrected chi connectivity index (χ3v) is 4.08. The Hall–Kier alpha value is -1.55. The minimum absolute atomic E-state index is 0.140. The van der Waals surface area contributed by atoms with E-state index >= 15 is 0 Å². The summed E-state index contributed by atoms with van der Waals surface area (Å²) in [4.78, 5) is 14.3. The van der Waals surface area contributed by atoms with Crippen molar-refractivity contribution < 1.29 is 14.6 Å². The van der Waals surface area contributed by atoms with Crippen molar-refractivity contribution in [2.24, 2.45) is 0 Å². The van der Waals surface area contributed by atoms with E-state index in [1.54, 1.807) is 0 Å². The molecule has 4 nitrogen and oxygen atoms in total. The number of hydrogen-bond donors (Lipinski definition) is 1. The lowest BCUT2D eigenvalue weighted by Gasteiger charge is -2.35. The molecule has 1 aromatic carbocycles. The molecule has 0 aliphatic carbocycles. The van der Waals surface area contributed by atoms with Gasteiger partial charge in [-0.2, -0.15) is 0 Å². The molecule has 1 saturated heterocycles. The second-order valence-corrected chi connectivity index (χ2v) is 5.61. The Kier molecular flexibility index (Phi) is 6.05. The van der Waals surface area contributed by atoms with Gasteiger partial charge in [-0.3, -0.25) is 4.79 Å². The number of aryl methyl sites for hydroxylation is 1. The van der Waals surface area contributed by atoms with Gasteiger partial charge in [0.25, 0.3) is 0 Å². The molecule has 1 unspecified atom stereocenters. The van der Waals surface area contributed by atoms with E-state index in [0.717, 1.165) is 37.1 Å². The molecule has 0 spiro atoms. The number of rotatable bonds is 6. The third-order valence-electron chi connectivity index (χ3n) is 4.08. The molecule has 2 rings (SSSR count). The fourth-order valence-electron chi connectivity index (χ4n) is 2.89. The lowest BCUT2D eigenvalue weighted by atomic mass is 9.99. The van der Waals surface area contributed by atoms with Crippen LogP contribution in [0, 0.1) is 6.92 Å². The average molecular weight is 291 g/mol. The van der Waals surface area contributed by atoms with E-state index in [2.05, 4.69) is 0 Å². The number of aliphatic hydroxyl groups excluding tert-OH is 1. The van der Waals surface area contributed by atoms with E-state index < -0.39 is 0 Å². The van der Waals surface area contributed by atoms with Gasteiger partial charge in [-0.15, -0.1) is 0 Å². The molecule has 0 bridgehead atoms.